The number of aromatic nitrogens is 3. The minimum atomic E-state index is -4.41. The van der Waals surface area contributed by atoms with Crippen molar-refractivity contribution in [2.24, 2.45) is 7.05 Å². The molecular weight excluding hydrogens is 381 g/mol. The summed E-state index contributed by atoms with van der Waals surface area (Å²) in [4.78, 5) is 12.3. The average Bonchev–Trinajstić information content (AvgIpc) is 3.25. The maximum absolute atomic E-state index is 12.6. The van der Waals surface area contributed by atoms with Gasteiger partial charge < -0.3 is 14.3 Å². The molecule has 3 rings (SSSR count). The number of thioether (sulfide) groups is 1. The van der Waals surface area contributed by atoms with Crippen LogP contribution in [0.2, 0.25) is 0 Å². The molecule has 0 aliphatic rings. The van der Waals surface area contributed by atoms with E-state index in [0.29, 0.717) is 16.7 Å². The molecule has 0 spiro atoms. The van der Waals surface area contributed by atoms with Crippen LogP contribution in [0.25, 0.3) is 11.6 Å². The van der Waals surface area contributed by atoms with Crippen LogP contribution in [0.4, 0.5) is 18.9 Å². The number of furan rings is 1. The fourth-order valence-electron chi connectivity index (χ4n) is 2.24. The van der Waals surface area contributed by atoms with Gasteiger partial charge in [-0.3, -0.25) is 4.79 Å². The van der Waals surface area contributed by atoms with E-state index in [2.05, 4.69) is 15.5 Å². The van der Waals surface area contributed by atoms with Crippen LogP contribution in [0, 0.1) is 0 Å². The molecule has 0 saturated heterocycles. The van der Waals surface area contributed by atoms with Gasteiger partial charge in [0.15, 0.2) is 16.7 Å². The number of nitrogens with zero attached hydrogens (tertiary/aromatic N) is 3. The van der Waals surface area contributed by atoms with Gasteiger partial charge in [0, 0.05) is 12.7 Å². The number of anilines is 1. The first-order chi connectivity index (χ1) is 12.8. The minimum Gasteiger partial charge on any atom is -0.461 e. The van der Waals surface area contributed by atoms with Gasteiger partial charge in [-0.25, -0.2) is 0 Å². The Morgan fingerprint density at radius 2 is 1.93 bits per heavy atom. The molecule has 1 N–H and O–H groups in total. The predicted octanol–water partition coefficient (Wildman–Crippen LogP) is 4.21. The standard InChI is InChI=1S/C17H15F3N4O2S/c1-10(15(25)21-12-7-5-11(6-8-12)17(18,19)20)27-16-23-22-14(24(16)2)13-4-3-9-26-13/h3-10H,1-2H3,(H,21,25). The van der Waals surface area contributed by atoms with Crippen molar-refractivity contribution in [2.45, 2.75) is 23.5 Å². The molecule has 0 fully saturated rings. The summed E-state index contributed by atoms with van der Waals surface area (Å²) in [5, 5.41) is 10.7. The van der Waals surface area contributed by atoms with Crippen molar-refractivity contribution >= 4 is 23.4 Å². The smallest absolute Gasteiger partial charge is 0.416 e. The molecule has 2 heterocycles. The number of nitrogens with one attached hydrogen (secondary N) is 1. The van der Waals surface area contributed by atoms with Gasteiger partial charge in [0.2, 0.25) is 5.91 Å². The van der Waals surface area contributed by atoms with Crippen LogP contribution < -0.4 is 5.32 Å². The molecule has 142 valence electrons. The highest BCUT2D eigenvalue weighted by Crippen LogP contribution is 2.30. The first kappa shape index (κ1) is 19.0. The second-order valence-electron chi connectivity index (χ2n) is 5.67. The van der Waals surface area contributed by atoms with Crippen molar-refractivity contribution in [1.82, 2.24) is 14.8 Å². The molecule has 1 atom stereocenters. The van der Waals surface area contributed by atoms with Crippen LogP contribution in [-0.2, 0) is 18.0 Å². The van der Waals surface area contributed by atoms with E-state index in [-0.39, 0.29) is 11.6 Å². The molecule has 2 aromatic heterocycles. The molecule has 0 saturated carbocycles. The third kappa shape index (κ3) is 4.33. The average molecular weight is 396 g/mol. The summed E-state index contributed by atoms with van der Waals surface area (Å²) >= 11 is 1.18. The second kappa shape index (κ2) is 7.47. The number of hydrogen-bond acceptors (Lipinski definition) is 5. The lowest BCUT2D eigenvalue weighted by atomic mass is 10.2. The van der Waals surface area contributed by atoms with Crippen LogP contribution in [-0.4, -0.2) is 25.9 Å². The Labute approximate surface area is 156 Å². The predicted molar refractivity (Wildman–Crippen MR) is 94.1 cm³/mol. The summed E-state index contributed by atoms with van der Waals surface area (Å²) in [6, 6.07) is 7.76. The summed E-state index contributed by atoms with van der Waals surface area (Å²) < 4.78 is 44.7. The Balaban J connectivity index is 1.64. The van der Waals surface area contributed by atoms with E-state index in [9.17, 15) is 18.0 Å². The molecule has 0 aliphatic carbocycles. The maximum atomic E-state index is 12.6. The number of amides is 1. The second-order valence-corrected chi connectivity index (χ2v) is 6.97. The number of carbonyl (C=O) groups is 1. The minimum absolute atomic E-state index is 0.287. The summed E-state index contributed by atoms with van der Waals surface area (Å²) in [7, 11) is 1.75. The van der Waals surface area contributed by atoms with Crippen molar-refractivity contribution in [2.75, 3.05) is 5.32 Å². The molecule has 10 heteroatoms. The molecule has 27 heavy (non-hydrogen) atoms. The van der Waals surface area contributed by atoms with Gasteiger partial charge in [-0.1, -0.05) is 11.8 Å². The highest BCUT2D eigenvalue weighted by molar-refractivity contribution is 8.00. The molecule has 0 bridgehead atoms. The van der Waals surface area contributed by atoms with Crippen LogP contribution in [0.5, 0.6) is 0 Å². The third-order valence-corrected chi connectivity index (χ3v) is 4.84. The third-order valence-electron chi connectivity index (χ3n) is 3.71. The topological polar surface area (TPSA) is 73.0 Å². The molecule has 1 unspecified atom stereocenters. The Hall–Kier alpha value is -2.75. The SMILES string of the molecule is CC(Sc1nnc(-c2ccco2)n1C)C(=O)Nc1ccc(C(F)(F)F)cc1. The van der Waals surface area contributed by atoms with Crippen molar-refractivity contribution in [3.05, 3.63) is 48.2 Å². The summed E-state index contributed by atoms with van der Waals surface area (Å²) in [5.41, 5.74) is -0.484. The maximum Gasteiger partial charge on any atom is 0.416 e. The summed E-state index contributed by atoms with van der Waals surface area (Å²) in [6.07, 6.45) is -2.89. The molecule has 0 radical (unpaired) electrons. The van der Waals surface area contributed by atoms with Crippen LogP contribution in [0.3, 0.4) is 0 Å². The largest absolute Gasteiger partial charge is 0.461 e. The fraction of sp³-hybridized carbons (Fsp3) is 0.235. The highest BCUT2D eigenvalue weighted by Gasteiger charge is 2.30. The quantitative estimate of drug-likeness (QED) is 0.654. The number of alkyl halides is 3. The molecule has 6 nitrogen and oxygen atoms in total. The lowest BCUT2D eigenvalue weighted by Crippen LogP contribution is -2.23. The van der Waals surface area contributed by atoms with E-state index in [1.807, 2.05) is 0 Å². The van der Waals surface area contributed by atoms with Crippen LogP contribution in [0.15, 0.2) is 52.2 Å². The van der Waals surface area contributed by atoms with Crippen molar-refractivity contribution < 1.29 is 22.4 Å². The van der Waals surface area contributed by atoms with E-state index >= 15 is 0 Å². The van der Waals surface area contributed by atoms with Gasteiger partial charge in [0.1, 0.15) is 0 Å². The van der Waals surface area contributed by atoms with E-state index in [1.54, 1.807) is 30.7 Å². The van der Waals surface area contributed by atoms with Gasteiger partial charge in [-0.2, -0.15) is 13.2 Å². The van der Waals surface area contributed by atoms with E-state index in [0.717, 1.165) is 12.1 Å². The van der Waals surface area contributed by atoms with E-state index in [4.69, 9.17) is 4.42 Å². The Morgan fingerprint density at radius 1 is 1.22 bits per heavy atom. The van der Waals surface area contributed by atoms with E-state index < -0.39 is 17.0 Å². The zero-order chi connectivity index (χ0) is 19.6. The lowest BCUT2D eigenvalue weighted by molar-refractivity contribution is -0.137. The lowest BCUT2D eigenvalue weighted by Gasteiger charge is -2.12. The van der Waals surface area contributed by atoms with Crippen molar-refractivity contribution in [3.63, 3.8) is 0 Å². The first-order valence-corrected chi connectivity index (χ1v) is 8.71. The molecule has 0 aliphatic heterocycles. The van der Waals surface area contributed by atoms with Crippen LogP contribution in [0.1, 0.15) is 12.5 Å². The van der Waals surface area contributed by atoms with Gasteiger partial charge in [0.05, 0.1) is 17.1 Å². The Morgan fingerprint density at radius 3 is 2.52 bits per heavy atom. The number of halogens is 3. The van der Waals surface area contributed by atoms with Gasteiger partial charge in [-0.15, -0.1) is 10.2 Å². The molecule has 1 amide bonds. The molecule has 1 aromatic carbocycles. The van der Waals surface area contributed by atoms with Crippen molar-refractivity contribution in [3.8, 4) is 11.6 Å². The summed E-state index contributed by atoms with van der Waals surface area (Å²) in [6.45, 7) is 1.67. The molecular formula is C17H15F3N4O2S. The number of benzene rings is 1. The highest BCUT2D eigenvalue weighted by atomic mass is 32.2. The van der Waals surface area contributed by atoms with Gasteiger partial charge in [-0.05, 0) is 43.3 Å². The first-order valence-electron chi connectivity index (χ1n) is 7.84. The summed E-state index contributed by atoms with van der Waals surface area (Å²) in [5.74, 6) is 0.721. The van der Waals surface area contributed by atoms with Gasteiger partial charge in [0.25, 0.3) is 0 Å². The number of rotatable bonds is 5. The number of hydrogen-bond donors (Lipinski definition) is 1. The zero-order valence-electron chi connectivity index (χ0n) is 14.3. The van der Waals surface area contributed by atoms with Gasteiger partial charge >= 0.3 is 6.18 Å². The number of carbonyl (C=O) groups excluding carboxylic acids is 1. The van der Waals surface area contributed by atoms with E-state index in [1.165, 1.54) is 30.2 Å². The zero-order valence-corrected chi connectivity index (χ0v) is 15.1. The Kier molecular flexibility index (Phi) is 5.26. The monoisotopic (exact) mass is 396 g/mol. The van der Waals surface area contributed by atoms with Crippen LogP contribution >= 0.6 is 11.8 Å². The normalized spacial score (nSPS) is 12.8. The van der Waals surface area contributed by atoms with Crippen molar-refractivity contribution in [1.29, 1.82) is 0 Å². The fourth-order valence-corrected chi connectivity index (χ4v) is 3.05. The Bertz CT molecular complexity index is 921. The molecule has 3 aromatic rings.